The van der Waals surface area contributed by atoms with Crippen molar-refractivity contribution in [1.82, 2.24) is 34.1 Å². The zero-order valence-electron chi connectivity index (χ0n) is 20.5. The first-order valence-electron chi connectivity index (χ1n) is 11.8. The Hall–Kier alpha value is -4.36. The first-order valence-corrected chi connectivity index (χ1v) is 11.8. The lowest BCUT2D eigenvalue weighted by molar-refractivity contribution is -0.141. The van der Waals surface area contributed by atoms with Crippen molar-refractivity contribution in [3.63, 3.8) is 0 Å². The molecule has 1 aliphatic rings. The van der Waals surface area contributed by atoms with Crippen LogP contribution < -0.4 is 9.47 Å². The highest BCUT2D eigenvalue weighted by Crippen LogP contribution is 2.56. The number of methoxy groups -OCH3 is 2. The van der Waals surface area contributed by atoms with Crippen molar-refractivity contribution in [1.29, 1.82) is 0 Å². The monoisotopic (exact) mass is 545 g/mol. The minimum atomic E-state index is -4.66. The molecule has 1 saturated carbocycles. The van der Waals surface area contributed by atoms with Crippen LogP contribution in [0.4, 0.5) is 22.0 Å². The summed E-state index contributed by atoms with van der Waals surface area (Å²) in [4.78, 5) is 16.7. The van der Waals surface area contributed by atoms with E-state index in [0.717, 1.165) is 17.5 Å². The fourth-order valence-corrected chi connectivity index (χ4v) is 4.94. The Bertz CT molecular complexity index is 1700. The van der Waals surface area contributed by atoms with Gasteiger partial charge in [-0.1, -0.05) is 6.07 Å². The van der Waals surface area contributed by atoms with Gasteiger partial charge in [-0.2, -0.15) is 23.3 Å². The number of imidazole rings is 2. The van der Waals surface area contributed by atoms with Crippen LogP contribution in [0, 0.1) is 0 Å². The molecule has 9 nitrogen and oxygen atoms in total. The molecule has 1 fully saturated rings. The smallest absolute Gasteiger partial charge is 0.406 e. The Morgan fingerprint density at radius 3 is 2.59 bits per heavy atom. The highest BCUT2D eigenvalue weighted by atomic mass is 19.4. The highest BCUT2D eigenvalue weighted by Gasteiger charge is 2.42. The maximum Gasteiger partial charge on any atom is 0.406 e. The van der Waals surface area contributed by atoms with Gasteiger partial charge in [0.05, 0.1) is 36.5 Å². The molecule has 4 aromatic heterocycles. The first-order chi connectivity index (χ1) is 18.7. The van der Waals surface area contributed by atoms with E-state index in [1.54, 1.807) is 35.2 Å². The number of alkyl halides is 5. The van der Waals surface area contributed by atoms with Crippen LogP contribution >= 0.6 is 0 Å². The summed E-state index contributed by atoms with van der Waals surface area (Å²) in [5.41, 5.74) is 3.53. The Morgan fingerprint density at radius 1 is 1.05 bits per heavy atom. The lowest BCUT2D eigenvalue weighted by Crippen LogP contribution is -2.19. The molecule has 5 aromatic rings. The largest absolute Gasteiger partial charge is 0.480 e. The van der Waals surface area contributed by atoms with Crippen LogP contribution in [0.1, 0.15) is 41.6 Å². The lowest BCUT2D eigenvalue weighted by atomic mass is 10.0. The lowest BCUT2D eigenvalue weighted by Gasteiger charge is -2.12. The van der Waals surface area contributed by atoms with E-state index >= 15 is 0 Å². The average molecular weight is 545 g/mol. The third-order valence-electron chi connectivity index (χ3n) is 6.72. The second kappa shape index (κ2) is 9.13. The van der Waals surface area contributed by atoms with Gasteiger partial charge >= 0.3 is 12.2 Å². The van der Waals surface area contributed by atoms with Gasteiger partial charge in [0.1, 0.15) is 6.54 Å². The summed E-state index contributed by atoms with van der Waals surface area (Å²) in [7, 11) is 2.92. The van der Waals surface area contributed by atoms with Crippen LogP contribution in [0.2, 0.25) is 0 Å². The molecular weight excluding hydrogens is 525 g/mol. The van der Waals surface area contributed by atoms with Crippen molar-refractivity contribution in [2.75, 3.05) is 14.2 Å². The molecule has 2 atom stereocenters. The van der Waals surface area contributed by atoms with Crippen LogP contribution in [0.25, 0.3) is 27.9 Å². The molecule has 1 aliphatic carbocycles. The molecule has 6 rings (SSSR count). The van der Waals surface area contributed by atoms with Crippen molar-refractivity contribution in [3.05, 3.63) is 59.8 Å². The number of aromatic nitrogens is 7. The molecule has 0 unspecified atom stereocenters. The summed E-state index contributed by atoms with van der Waals surface area (Å²) in [5.74, 6) is -0.629. The SMILES string of the molecule is COc1ncc(-c2cc([C@H]3C[C@@H]3c3ccc4c(c3)nc(C(F)F)n4CC(F)(F)F)c3nccn3n2)c(OC)n1. The molecule has 14 heteroatoms. The van der Waals surface area contributed by atoms with Crippen molar-refractivity contribution in [2.45, 2.75) is 37.4 Å². The number of benzene rings is 1. The van der Waals surface area contributed by atoms with E-state index in [2.05, 4.69) is 25.0 Å². The number of fused-ring (bicyclic) bond motifs is 2. The van der Waals surface area contributed by atoms with Gasteiger partial charge in [0.25, 0.3) is 6.43 Å². The summed E-state index contributed by atoms with van der Waals surface area (Å²) >= 11 is 0. The zero-order valence-corrected chi connectivity index (χ0v) is 20.5. The predicted octanol–water partition coefficient (Wildman–Crippen LogP) is 5.32. The zero-order chi connectivity index (χ0) is 27.5. The number of halogens is 5. The van der Waals surface area contributed by atoms with Gasteiger partial charge < -0.3 is 14.0 Å². The van der Waals surface area contributed by atoms with E-state index in [1.165, 1.54) is 20.3 Å². The maximum absolute atomic E-state index is 13.5. The van der Waals surface area contributed by atoms with Crippen LogP contribution in [-0.4, -0.2) is 54.5 Å². The van der Waals surface area contributed by atoms with Gasteiger partial charge in [0.2, 0.25) is 5.88 Å². The Balaban J connectivity index is 1.37. The fourth-order valence-electron chi connectivity index (χ4n) is 4.94. The first kappa shape index (κ1) is 24.9. The van der Waals surface area contributed by atoms with Gasteiger partial charge in [-0.3, -0.25) is 0 Å². The van der Waals surface area contributed by atoms with Crippen LogP contribution in [0.15, 0.2) is 42.9 Å². The second-order valence-electron chi connectivity index (χ2n) is 9.13. The van der Waals surface area contributed by atoms with Gasteiger partial charge in [0, 0.05) is 24.2 Å². The van der Waals surface area contributed by atoms with Crippen LogP contribution in [0.3, 0.4) is 0 Å². The van der Waals surface area contributed by atoms with Crippen molar-refractivity contribution in [2.24, 2.45) is 0 Å². The quantitative estimate of drug-likeness (QED) is 0.256. The third kappa shape index (κ3) is 4.49. The average Bonchev–Trinajstić information content (AvgIpc) is 3.42. The van der Waals surface area contributed by atoms with Gasteiger partial charge in [-0.25, -0.2) is 28.2 Å². The van der Waals surface area contributed by atoms with Gasteiger partial charge in [-0.15, -0.1) is 0 Å². The Kier molecular flexibility index (Phi) is 5.84. The molecule has 0 bridgehead atoms. The standard InChI is InChI=1S/C25H20F5N7O2/c1-38-23-16(10-32-24(34-23)39-2)17-9-15(21-31-5-6-37(21)35-17)14-8-13(14)12-3-4-19-18(7-12)33-22(20(26)27)36(19)11-25(28,29)30/h3-7,9-10,13-14,20H,8,11H2,1-2H3/t13-,14+/m1/s1. The predicted molar refractivity (Wildman–Crippen MR) is 128 cm³/mol. The third-order valence-corrected chi connectivity index (χ3v) is 6.72. The molecule has 202 valence electrons. The van der Waals surface area contributed by atoms with E-state index in [9.17, 15) is 22.0 Å². The summed E-state index contributed by atoms with van der Waals surface area (Å²) in [6.45, 7) is -1.54. The summed E-state index contributed by atoms with van der Waals surface area (Å²) in [5, 5.41) is 4.61. The normalized spacial score (nSPS) is 17.3. The van der Waals surface area contributed by atoms with E-state index < -0.39 is 25.0 Å². The van der Waals surface area contributed by atoms with Crippen molar-refractivity contribution >= 4 is 16.7 Å². The molecule has 0 radical (unpaired) electrons. The van der Waals surface area contributed by atoms with E-state index in [4.69, 9.17) is 9.47 Å². The molecule has 0 spiro atoms. The fraction of sp³-hybridized carbons (Fsp3) is 0.320. The second-order valence-corrected chi connectivity index (χ2v) is 9.13. The van der Waals surface area contributed by atoms with Crippen molar-refractivity contribution in [3.8, 4) is 23.1 Å². The molecular formula is C25H20F5N7O2. The summed E-state index contributed by atoms with van der Waals surface area (Å²) in [6.07, 6.45) is -2.19. The molecule has 39 heavy (non-hydrogen) atoms. The molecule has 0 N–H and O–H groups in total. The van der Waals surface area contributed by atoms with Gasteiger partial charge in [-0.05, 0) is 42.0 Å². The minimum absolute atomic E-state index is 0.00564. The number of ether oxygens (including phenoxy) is 2. The molecule has 0 saturated heterocycles. The summed E-state index contributed by atoms with van der Waals surface area (Å²) in [6, 6.07) is 6.70. The number of rotatable bonds is 7. The van der Waals surface area contributed by atoms with Crippen molar-refractivity contribution < 1.29 is 31.4 Å². The molecule has 4 heterocycles. The van der Waals surface area contributed by atoms with Crippen LogP contribution in [0.5, 0.6) is 11.9 Å². The number of nitrogens with zero attached hydrogens (tertiary/aromatic N) is 7. The number of hydrogen-bond acceptors (Lipinski definition) is 7. The van der Waals surface area contributed by atoms with E-state index in [0.29, 0.717) is 21.5 Å². The van der Waals surface area contributed by atoms with E-state index in [-0.39, 0.29) is 34.8 Å². The minimum Gasteiger partial charge on any atom is -0.480 e. The molecule has 1 aromatic carbocycles. The van der Waals surface area contributed by atoms with E-state index in [1.807, 2.05) is 6.07 Å². The maximum atomic E-state index is 13.5. The molecule has 0 amide bonds. The molecule has 0 aliphatic heterocycles. The van der Waals surface area contributed by atoms with Crippen LogP contribution in [-0.2, 0) is 6.54 Å². The number of hydrogen-bond donors (Lipinski definition) is 0. The Labute approximate surface area is 217 Å². The van der Waals surface area contributed by atoms with Gasteiger partial charge in [0.15, 0.2) is 11.5 Å². The summed E-state index contributed by atoms with van der Waals surface area (Å²) < 4.78 is 78.8. The topological polar surface area (TPSA) is 92.3 Å². The highest BCUT2D eigenvalue weighted by molar-refractivity contribution is 5.78. The Morgan fingerprint density at radius 2 is 1.87 bits per heavy atom.